The van der Waals surface area contributed by atoms with Gasteiger partial charge in [-0.2, -0.15) is 0 Å². The van der Waals surface area contributed by atoms with Crippen LogP contribution < -0.4 is 5.32 Å². The average Bonchev–Trinajstić information content (AvgIpc) is 2.61. The fourth-order valence-corrected chi connectivity index (χ4v) is 6.86. The van der Waals surface area contributed by atoms with Gasteiger partial charge in [-0.3, -0.25) is 4.79 Å². The minimum atomic E-state index is 0.196. The van der Waals surface area contributed by atoms with Gasteiger partial charge in [-0.1, -0.05) is 48.5 Å². The third-order valence-electron chi connectivity index (χ3n) is 7.16. The Balaban J connectivity index is 1.40. The van der Waals surface area contributed by atoms with E-state index in [0.717, 1.165) is 17.5 Å². The largest absolute Gasteiger partial charge is 0.326 e. The van der Waals surface area contributed by atoms with E-state index >= 15 is 0 Å². The van der Waals surface area contributed by atoms with Gasteiger partial charge in [0.1, 0.15) is 0 Å². The van der Waals surface area contributed by atoms with Gasteiger partial charge in [0.15, 0.2) is 0 Å². The fourth-order valence-electron chi connectivity index (χ4n) is 6.86. The SMILES string of the molecule is O=C(CC12C[C@H]3C[C@H](C1)CC(c1ccccc1)(C3)C2)Nc1ccccc1. The van der Waals surface area contributed by atoms with Crippen LogP contribution in [0.4, 0.5) is 5.69 Å². The zero-order chi connectivity index (χ0) is 17.6. The van der Waals surface area contributed by atoms with E-state index in [-0.39, 0.29) is 11.3 Å². The summed E-state index contributed by atoms with van der Waals surface area (Å²) < 4.78 is 0. The van der Waals surface area contributed by atoms with E-state index in [4.69, 9.17) is 0 Å². The molecule has 4 aliphatic rings. The smallest absolute Gasteiger partial charge is 0.224 e. The van der Waals surface area contributed by atoms with Crippen LogP contribution in [0.1, 0.15) is 50.5 Å². The lowest BCUT2D eigenvalue weighted by molar-refractivity contribution is -0.126. The number of para-hydroxylation sites is 1. The molecule has 4 aliphatic carbocycles. The van der Waals surface area contributed by atoms with Gasteiger partial charge in [-0.25, -0.2) is 0 Å². The molecule has 2 heteroatoms. The third-order valence-corrected chi connectivity index (χ3v) is 7.16. The maximum atomic E-state index is 12.8. The van der Waals surface area contributed by atoms with Crippen molar-refractivity contribution < 1.29 is 4.79 Å². The Morgan fingerprint density at radius 3 is 2.15 bits per heavy atom. The summed E-state index contributed by atoms with van der Waals surface area (Å²) in [7, 11) is 0. The number of benzene rings is 2. The molecule has 2 aromatic carbocycles. The summed E-state index contributed by atoms with van der Waals surface area (Å²) in [5, 5.41) is 3.13. The van der Waals surface area contributed by atoms with E-state index < -0.39 is 0 Å². The zero-order valence-electron chi connectivity index (χ0n) is 15.3. The summed E-state index contributed by atoms with van der Waals surface area (Å²) in [6.45, 7) is 0. The second-order valence-corrected chi connectivity index (χ2v) is 9.20. The number of anilines is 1. The van der Waals surface area contributed by atoms with Crippen LogP contribution in [-0.4, -0.2) is 5.91 Å². The highest BCUT2D eigenvalue weighted by molar-refractivity contribution is 5.91. The molecular weight excluding hydrogens is 318 g/mol. The lowest BCUT2D eigenvalue weighted by Gasteiger charge is -2.62. The molecule has 0 aliphatic heterocycles. The topological polar surface area (TPSA) is 29.1 Å². The second-order valence-electron chi connectivity index (χ2n) is 9.20. The normalized spacial score (nSPS) is 34.6. The molecule has 0 radical (unpaired) electrons. The van der Waals surface area contributed by atoms with Crippen molar-refractivity contribution in [3.8, 4) is 0 Å². The van der Waals surface area contributed by atoms with Crippen LogP contribution in [-0.2, 0) is 10.2 Å². The first kappa shape index (κ1) is 16.1. The molecule has 1 N–H and O–H groups in total. The van der Waals surface area contributed by atoms with Crippen LogP contribution in [0.25, 0.3) is 0 Å². The molecule has 0 unspecified atom stereocenters. The fraction of sp³-hybridized carbons (Fsp3) is 0.458. The Labute approximate surface area is 156 Å². The maximum Gasteiger partial charge on any atom is 0.224 e. The first-order valence-corrected chi connectivity index (χ1v) is 10.1. The van der Waals surface area contributed by atoms with E-state index in [2.05, 4.69) is 35.6 Å². The Bertz CT molecular complexity index is 783. The predicted molar refractivity (Wildman–Crippen MR) is 105 cm³/mol. The van der Waals surface area contributed by atoms with Crippen molar-refractivity contribution in [3.05, 3.63) is 66.2 Å². The van der Waals surface area contributed by atoms with Gasteiger partial charge in [0.25, 0.3) is 0 Å². The molecule has 0 spiro atoms. The Morgan fingerprint density at radius 2 is 1.50 bits per heavy atom. The highest BCUT2D eigenvalue weighted by Crippen LogP contribution is 2.66. The highest BCUT2D eigenvalue weighted by atomic mass is 16.1. The minimum Gasteiger partial charge on any atom is -0.326 e. The standard InChI is InChI=1S/C24H27NO/c26-22(25-21-9-5-2-6-10-21)16-23-12-18-11-19(13-23)15-24(14-18,17-23)20-7-3-1-4-8-20/h1-10,18-19H,11-17H2,(H,25,26)/t18-,19-,23?,24?/m1/s1. The van der Waals surface area contributed by atoms with Crippen molar-refractivity contribution in [1.82, 2.24) is 0 Å². The summed E-state index contributed by atoms with van der Waals surface area (Å²) in [6.07, 6.45) is 8.42. The van der Waals surface area contributed by atoms with Gasteiger partial charge in [0.05, 0.1) is 0 Å². The number of hydrogen-bond acceptors (Lipinski definition) is 1. The van der Waals surface area contributed by atoms with E-state index in [1.807, 2.05) is 30.3 Å². The van der Waals surface area contributed by atoms with Gasteiger partial charge < -0.3 is 5.32 Å². The van der Waals surface area contributed by atoms with Gasteiger partial charge in [-0.05, 0) is 78.9 Å². The second kappa shape index (κ2) is 5.97. The lowest BCUT2D eigenvalue weighted by atomic mass is 9.42. The molecule has 1 amide bonds. The molecule has 2 aromatic rings. The number of carbonyl (C=O) groups excluding carboxylic acids is 1. The predicted octanol–water partition coefficient (Wildman–Crippen LogP) is 5.55. The van der Waals surface area contributed by atoms with Crippen molar-refractivity contribution in [3.63, 3.8) is 0 Å². The molecule has 4 fully saturated rings. The van der Waals surface area contributed by atoms with E-state index in [1.54, 1.807) is 0 Å². The minimum absolute atomic E-state index is 0.196. The quantitative estimate of drug-likeness (QED) is 0.773. The number of hydrogen-bond donors (Lipinski definition) is 1. The molecule has 2 nitrogen and oxygen atoms in total. The van der Waals surface area contributed by atoms with Crippen molar-refractivity contribution in [2.75, 3.05) is 5.32 Å². The molecule has 6 rings (SSSR count). The Morgan fingerprint density at radius 1 is 0.885 bits per heavy atom. The molecular formula is C24H27NO. The molecule has 134 valence electrons. The first-order chi connectivity index (χ1) is 12.6. The molecule has 4 bridgehead atoms. The maximum absolute atomic E-state index is 12.8. The van der Waals surface area contributed by atoms with Gasteiger partial charge in [-0.15, -0.1) is 0 Å². The van der Waals surface area contributed by atoms with Crippen LogP contribution >= 0.6 is 0 Å². The van der Waals surface area contributed by atoms with E-state index in [0.29, 0.717) is 11.8 Å². The first-order valence-electron chi connectivity index (χ1n) is 10.1. The third kappa shape index (κ3) is 2.76. The monoisotopic (exact) mass is 345 g/mol. The summed E-state index contributed by atoms with van der Waals surface area (Å²) in [5.74, 6) is 1.81. The summed E-state index contributed by atoms with van der Waals surface area (Å²) in [5.41, 5.74) is 2.96. The van der Waals surface area contributed by atoms with Crippen molar-refractivity contribution >= 4 is 11.6 Å². The summed E-state index contributed by atoms with van der Waals surface area (Å²) >= 11 is 0. The van der Waals surface area contributed by atoms with Crippen molar-refractivity contribution in [1.29, 1.82) is 0 Å². The highest BCUT2D eigenvalue weighted by Gasteiger charge is 2.58. The van der Waals surface area contributed by atoms with Gasteiger partial charge in [0.2, 0.25) is 5.91 Å². The zero-order valence-corrected chi connectivity index (χ0v) is 15.3. The van der Waals surface area contributed by atoms with E-state index in [9.17, 15) is 4.79 Å². The molecule has 0 saturated heterocycles. The number of amides is 1. The summed E-state index contributed by atoms with van der Waals surface area (Å²) in [4.78, 5) is 12.8. The van der Waals surface area contributed by atoms with Crippen molar-refractivity contribution in [2.45, 2.75) is 50.4 Å². The van der Waals surface area contributed by atoms with Gasteiger partial charge in [0, 0.05) is 12.1 Å². The Kier molecular flexibility index (Phi) is 3.70. The Hall–Kier alpha value is -2.09. The lowest BCUT2D eigenvalue weighted by Crippen LogP contribution is -2.54. The molecule has 4 saturated carbocycles. The van der Waals surface area contributed by atoms with E-state index in [1.165, 1.54) is 44.1 Å². The average molecular weight is 345 g/mol. The molecule has 0 aromatic heterocycles. The number of nitrogens with one attached hydrogen (secondary N) is 1. The molecule has 0 heterocycles. The van der Waals surface area contributed by atoms with Crippen LogP contribution in [0.15, 0.2) is 60.7 Å². The number of carbonyl (C=O) groups is 1. The number of rotatable bonds is 4. The van der Waals surface area contributed by atoms with Crippen LogP contribution in [0.2, 0.25) is 0 Å². The molecule has 26 heavy (non-hydrogen) atoms. The summed E-state index contributed by atoms with van der Waals surface area (Å²) in [6, 6.07) is 21.0. The van der Waals surface area contributed by atoms with Crippen LogP contribution in [0.5, 0.6) is 0 Å². The van der Waals surface area contributed by atoms with Crippen LogP contribution in [0.3, 0.4) is 0 Å². The molecule has 2 atom stereocenters. The van der Waals surface area contributed by atoms with Gasteiger partial charge >= 0.3 is 0 Å². The van der Waals surface area contributed by atoms with Crippen LogP contribution in [0, 0.1) is 17.3 Å². The van der Waals surface area contributed by atoms with Crippen molar-refractivity contribution in [2.24, 2.45) is 17.3 Å².